The van der Waals surface area contributed by atoms with Gasteiger partial charge in [0.25, 0.3) is 5.56 Å². The van der Waals surface area contributed by atoms with Crippen LogP contribution in [-0.2, 0) is 7.05 Å². The quantitative estimate of drug-likeness (QED) is 0.896. The molecular formula is C17H18N2O. The van der Waals surface area contributed by atoms with Crippen LogP contribution in [0.15, 0.2) is 41.2 Å². The molecule has 0 bridgehead atoms. The minimum Gasteiger partial charge on any atom is -0.393 e. The van der Waals surface area contributed by atoms with Gasteiger partial charge in [-0.1, -0.05) is 43.0 Å². The molecule has 0 radical (unpaired) electrons. The van der Waals surface area contributed by atoms with E-state index < -0.39 is 0 Å². The number of pyridine rings is 1. The molecule has 0 spiro atoms. The fourth-order valence-corrected chi connectivity index (χ4v) is 1.99. The van der Waals surface area contributed by atoms with Gasteiger partial charge in [0, 0.05) is 26.0 Å². The Balaban J connectivity index is 2.50. The monoisotopic (exact) mass is 266 g/mol. The topological polar surface area (TPSA) is 34.0 Å². The molecule has 0 saturated carbocycles. The number of nitrogens with one attached hydrogen (secondary N) is 1. The Morgan fingerprint density at radius 3 is 2.55 bits per heavy atom. The molecule has 0 amide bonds. The maximum absolute atomic E-state index is 12.2. The first-order valence-electron chi connectivity index (χ1n) is 6.43. The van der Waals surface area contributed by atoms with Crippen molar-refractivity contribution < 1.29 is 0 Å². The zero-order chi connectivity index (χ0) is 14.5. The van der Waals surface area contributed by atoms with E-state index in [1.165, 1.54) is 0 Å². The van der Waals surface area contributed by atoms with Crippen LogP contribution in [0.3, 0.4) is 0 Å². The number of hydrogen-bond donors (Lipinski definition) is 1. The van der Waals surface area contributed by atoms with Crippen LogP contribution >= 0.6 is 0 Å². The van der Waals surface area contributed by atoms with E-state index in [9.17, 15) is 4.79 Å². The smallest absolute Gasteiger partial charge is 0.260 e. The van der Waals surface area contributed by atoms with Gasteiger partial charge in [0.05, 0.1) is 5.22 Å². The van der Waals surface area contributed by atoms with Crippen LogP contribution in [0.2, 0.25) is 0 Å². The Labute approximate surface area is 118 Å². The highest BCUT2D eigenvalue weighted by atomic mass is 16.1. The second-order valence-electron chi connectivity index (χ2n) is 4.55. The molecule has 0 aliphatic heterocycles. The van der Waals surface area contributed by atoms with Crippen molar-refractivity contribution in [1.82, 2.24) is 9.88 Å². The third kappa shape index (κ3) is 2.88. The van der Waals surface area contributed by atoms with Crippen molar-refractivity contribution in [3.05, 3.63) is 68.4 Å². The average Bonchev–Trinajstić information content (AvgIpc) is 2.47. The zero-order valence-electron chi connectivity index (χ0n) is 11.8. The van der Waals surface area contributed by atoms with E-state index in [0.29, 0.717) is 5.22 Å². The van der Waals surface area contributed by atoms with Gasteiger partial charge in [-0.3, -0.25) is 4.79 Å². The molecule has 2 rings (SSSR count). The van der Waals surface area contributed by atoms with E-state index in [0.717, 1.165) is 16.5 Å². The largest absolute Gasteiger partial charge is 0.393 e. The molecule has 1 aromatic carbocycles. The van der Waals surface area contributed by atoms with Crippen LogP contribution in [0.4, 0.5) is 0 Å². The summed E-state index contributed by atoms with van der Waals surface area (Å²) in [6, 6.07) is 11.9. The first kappa shape index (κ1) is 13.9. The molecule has 1 aromatic heterocycles. The third-order valence-corrected chi connectivity index (χ3v) is 3.13. The summed E-state index contributed by atoms with van der Waals surface area (Å²) in [5, 5.41) is 4.18. The lowest BCUT2D eigenvalue weighted by Gasteiger charge is -2.04. The van der Waals surface area contributed by atoms with Crippen molar-refractivity contribution in [1.29, 1.82) is 0 Å². The zero-order valence-corrected chi connectivity index (χ0v) is 11.8. The average molecular weight is 266 g/mol. The highest BCUT2D eigenvalue weighted by molar-refractivity contribution is 5.68. The molecule has 0 aliphatic carbocycles. The summed E-state index contributed by atoms with van der Waals surface area (Å²) in [7, 11) is 3.53. The minimum atomic E-state index is -0.0560. The normalized spacial score (nSPS) is 12.0. The molecule has 2 aromatic rings. The number of hydrogen-bond acceptors (Lipinski definition) is 2. The maximum atomic E-state index is 12.2. The molecule has 102 valence electrons. The van der Waals surface area contributed by atoms with E-state index in [2.05, 4.69) is 11.9 Å². The van der Waals surface area contributed by atoms with Gasteiger partial charge in [-0.2, -0.15) is 0 Å². The number of benzene rings is 1. The van der Waals surface area contributed by atoms with E-state index in [-0.39, 0.29) is 5.56 Å². The lowest BCUT2D eigenvalue weighted by Crippen LogP contribution is -2.45. The molecule has 1 heterocycles. The summed E-state index contributed by atoms with van der Waals surface area (Å²) in [6.45, 7) is 3.94. The summed E-state index contributed by atoms with van der Waals surface area (Å²) in [5.74, 6) is 0. The SMILES string of the molecule is C=c1cc(/C=C/c2ccccc2)n(C)c(=O)/c1=C/NC. The van der Waals surface area contributed by atoms with E-state index in [1.807, 2.05) is 48.6 Å². The maximum Gasteiger partial charge on any atom is 0.260 e. The Morgan fingerprint density at radius 1 is 1.20 bits per heavy atom. The summed E-state index contributed by atoms with van der Waals surface area (Å²) in [5.41, 5.74) is 1.87. The lowest BCUT2D eigenvalue weighted by molar-refractivity contribution is 0.834. The van der Waals surface area contributed by atoms with E-state index >= 15 is 0 Å². The summed E-state index contributed by atoms with van der Waals surface area (Å²) in [6.07, 6.45) is 5.58. The molecule has 3 nitrogen and oxygen atoms in total. The highest BCUT2D eigenvalue weighted by Crippen LogP contribution is 2.04. The molecule has 0 fully saturated rings. The summed E-state index contributed by atoms with van der Waals surface area (Å²) < 4.78 is 1.62. The van der Waals surface area contributed by atoms with Crippen LogP contribution in [0.5, 0.6) is 0 Å². The lowest BCUT2D eigenvalue weighted by atomic mass is 10.2. The van der Waals surface area contributed by atoms with Crippen molar-refractivity contribution in [3.8, 4) is 0 Å². The van der Waals surface area contributed by atoms with Gasteiger partial charge in [-0.05, 0) is 22.9 Å². The second-order valence-corrected chi connectivity index (χ2v) is 4.55. The second kappa shape index (κ2) is 6.06. The van der Waals surface area contributed by atoms with Gasteiger partial charge in [-0.15, -0.1) is 0 Å². The Hall–Kier alpha value is -2.55. The fraction of sp³-hybridized carbons (Fsp3) is 0.118. The summed E-state index contributed by atoms with van der Waals surface area (Å²) in [4.78, 5) is 12.2. The molecule has 1 N–H and O–H groups in total. The molecule has 0 atom stereocenters. The fourth-order valence-electron chi connectivity index (χ4n) is 1.99. The van der Waals surface area contributed by atoms with Crippen LogP contribution in [0, 0.1) is 0 Å². The molecule has 0 saturated heterocycles. The number of nitrogens with zero attached hydrogens (tertiary/aromatic N) is 1. The Morgan fingerprint density at radius 2 is 1.90 bits per heavy atom. The third-order valence-electron chi connectivity index (χ3n) is 3.13. The predicted molar refractivity (Wildman–Crippen MR) is 85.3 cm³/mol. The van der Waals surface area contributed by atoms with Crippen LogP contribution in [0.1, 0.15) is 11.3 Å². The van der Waals surface area contributed by atoms with Crippen LogP contribution in [0.25, 0.3) is 24.9 Å². The molecule has 20 heavy (non-hydrogen) atoms. The van der Waals surface area contributed by atoms with Gasteiger partial charge in [-0.25, -0.2) is 0 Å². The standard InChI is InChI=1S/C17H18N2O/c1-13-11-15(10-9-14-7-5-4-6-8-14)19(3)17(20)16(13)12-18-2/h4-12,18H,1H2,2-3H3/b10-9+,16-12+. The van der Waals surface area contributed by atoms with Crippen molar-refractivity contribution in [2.24, 2.45) is 7.05 Å². The molecule has 3 heteroatoms. The van der Waals surface area contributed by atoms with Gasteiger partial charge in [0.15, 0.2) is 0 Å². The van der Waals surface area contributed by atoms with Crippen molar-refractivity contribution in [2.75, 3.05) is 7.05 Å². The highest BCUT2D eigenvalue weighted by Gasteiger charge is 1.99. The van der Waals surface area contributed by atoms with Crippen LogP contribution in [-0.4, -0.2) is 11.6 Å². The van der Waals surface area contributed by atoms with Crippen molar-refractivity contribution >= 4 is 24.9 Å². The van der Waals surface area contributed by atoms with Gasteiger partial charge < -0.3 is 9.88 Å². The first-order chi connectivity index (χ1) is 9.63. The van der Waals surface area contributed by atoms with Gasteiger partial charge >= 0.3 is 0 Å². The van der Waals surface area contributed by atoms with Crippen molar-refractivity contribution in [2.45, 2.75) is 0 Å². The number of rotatable bonds is 3. The minimum absolute atomic E-state index is 0.0560. The van der Waals surface area contributed by atoms with Crippen molar-refractivity contribution in [3.63, 3.8) is 0 Å². The van der Waals surface area contributed by atoms with E-state index in [4.69, 9.17) is 0 Å². The molecule has 0 unspecified atom stereocenters. The van der Waals surface area contributed by atoms with Gasteiger partial charge in [0.1, 0.15) is 0 Å². The molecular weight excluding hydrogens is 248 g/mol. The van der Waals surface area contributed by atoms with Gasteiger partial charge in [0.2, 0.25) is 0 Å². The summed E-state index contributed by atoms with van der Waals surface area (Å²) >= 11 is 0. The number of aromatic nitrogens is 1. The van der Waals surface area contributed by atoms with E-state index in [1.54, 1.807) is 24.9 Å². The Bertz CT molecular complexity index is 786. The Kier molecular flexibility index (Phi) is 4.20. The predicted octanol–water partition coefficient (Wildman–Crippen LogP) is 0.923. The molecule has 0 aliphatic rings. The first-order valence-corrected chi connectivity index (χ1v) is 6.43. The van der Waals surface area contributed by atoms with Crippen LogP contribution < -0.4 is 21.3 Å².